The molecule has 0 bridgehead atoms. The molecule has 0 aromatic rings. The molecule has 2 aliphatic heterocycles. The molecule has 0 radical (unpaired) electrons. The zero-order valence-corrected chi connectivity index (χ0v) is 11.8. The smallest absolute Gasteiger partial charge is 0.0113 e. The third kappa shape index (κ3) is 3.21. The highest BCUT2D eigenvalue weighted by Gasteiger charge is 2.34. The Hall–Kier alpha value is -0.120. The van der Waals surface area contributed by atoms with Gasteiger partial charge in [0.25, 0.3) is 0 Å². The summed E-state index contributed by atoms with van der Waals surface area (Å²) in [4.78, 5) is 5.29. The van der Waals surface area contributed by atoms with E-state index in [0.29, 0.717) is 11.5 Å². The van der Waals surface area contributed by atoms with Gasteiger partial charge in [-0.1, -0.05) is 6.92 Å². The summed E-state index contributed by atoms with van der Waals surface area (Å²) in [5.41, 5.74) is 0.569. The van der Waals surface area contributed by atoms with Gasteiger partial charge in [-0.25, -0.2) is 0 Å². The van der Waals surface area contributed by atoms with Crippen LogP contribution < -0.4 is 5.32 Å². The fraction of sp³-hybridized carbons (Fsp3) is 1.00. The van der Waals surface area contributed by atoms with Crippen molar-refractivity contribution in [2.75, 3.05) is 45.8 Å². The second-order valence-corrected chi connectivity index (χ2v) is 6.19. The van der Waals surface area contributed by atoms with Crippen LogP contribution in [0.25, 0.3) is 0 Å². The number of hydrogen-bond donors (Lipinski definition) is 1. The van der Waals surface area contributed by atoms with Crippen molar-refractivity contribution in [2.45, 2.75) is 39.7 Å². The highest BCUT2D eigenvalue weighted by molar-refractivity contribution is 4.90. The molecule has 3 heteroatoms. The first-order valence-electron chi connectivity index (χ1n) is 7.32. The minimum atomic E-state index is 0.569. The van der Waals surface area contributed by atoms with Gasteiger partial charge in [0, 0.05) is 45.3 Å². The van der Waals surface area contributed by atoms with E-state index in [0.717, 1.165) is 0 Å². The molecular formula is C14H29N3. The molecule has 2 fully saturated rings. The topological polar surface area (TPSA) is 18.5 Å². The molecule has 0 aromatic carbocycles. The molecular weight excluding hydrogens is 210 g/mol. The quantitative estimate of drug-likeness (QED) is 0.800. The molecule has 0 amide bonds. The highest BCUT2D eigenvalue weighted by atomic mass is 15.3. The van der Waals surface area contributed by atoms with Crippen molar-refractivity contribution < 1.29 is 0 Å². The Morgan fingerprint density at radius 3 is 2.35 bits per heavy atom. The molecule has 2 aliphatic rings. The standard InChI is InChI=1S/C14H29N3/c1-4-14(5-6-15-11-14)12-16-7-9-17(10-8-16)13(2)3/h13,15H,4-12H2,1-3H3. The Balaban J connectivity index is 1.81. The first kappa shape index (κ1) is 13.3. The summed E-state index contributed by atoms with van der Waals surface area (Å²) in [6.45, 7) is 15.8. The second kappa shape index (κ2) is 5.68. The van der Waals surface area contributed by atoms with Gasteiger partial charge in [0.2, 0.25) is 0 Å². The predicted molar refractivity (Wildman–Crippen MR) is 73.4 cm³/mol. The molecule has 100 valence electrons. The first-order chi connectivity index (χ1) is 8.15. The van der Waals surface area contributed by atoms with Gasteiger partial charge in [0.15, 0.2) is 0 Å². The van der Waals surface area contributed by atoms with Gasteiger partial charge in [0.1, 0.15) is 0 Å². The lowest BCUT2D eigenvalue weighted by Crippen LogP contribution is -2.51. The molecule has 2 saturated heterocycles. The minimum Gasteiger partial charge on any atom is -0.316 e. The molecule has 0 spiro atoms. The van der Waals surface area contributed by atoms with Crippen LogP contribution in [-0.4, -0.2) is 61.7 Å². The van der Waals surface area contributed by atoms with Crippen molar-refractivity contribution >= 4 is 0 Å². The van der Waals surface area contributed by atoms with Crippen molar-refractivity contribution in [1.29, 1.82) is 0 Å². The maximum Gasteiger partial charge on any atom is 0.0113 e. The molecule has 0 saturated carbocycles. The van der Waals surface area contributed by atoms with E-state index in [-0.39, 0.29) is 0 Å². The summed E-state index contributed by atoms with van der Waals surface area (Å²) >= 11 is 0. The fourth-order valence-electron chi connectivity index (χ4n) is 3.26. The average molecular weight is 239 g/mol. The summed E-state index contributed by atoms with van der Waals surface area (Å²) in [6.07, 6.45) is 2.69. The molecule has 3 nitrogen and oxygen atoms in total. The van der Waals surface area contributed by atoms with E-state index in [4.69, 9.17) is 0 Å². The predicted octanol–water partition coefficient (Wildman–Crippen LogP) is 1.40. The largest absolute Gasteiger partial charge is 0.316 e. The van der Waals surface area contributed by atoms with Gasteiger partial charge >= 0.3 is 0 Å². The Bertz CT molecular complexity index is 226. The SMILES string of the molecule is CCC1(CN2CCN(C(C)C)CC2)CCNC1. The summed E-state index contributed by atoms with van der Waals surface area (Å²) in [6, 6.07) is 0.713. The van der Waals surface area contributed by atoms with E-state index >= 15 is 0 Å². The Morgan fingerprint density at radius 2 is 1.88 bits per heavy atom. The van der Waals surface area contributed by atoms with E-state index in [9.17, 15) is 0 Å². The lowest BCUT2D eigenvalue weighted by Gasteiger charge is -2.41. The summed E-state index contributed by atoms with van der Waals surface area (Å²) in [7, 11) is 0. The average Bonchev–Trinajstić information content (AvgIpc) is 2.79. The molecule has 1 atom stereocenters. The van der Waals surface area contributed by atoms with E-state index < -0.39 is 0 Å². The van der Waals surface area contributed by atoms with Gasteiger partial charge in [-0.15, -0.1) is 0 Å². The van der Waals surface area contributed by atoms with Crippen LogP contribution in [0.3, 0.4) is 0 Å². The van der Waals surface area contributed by atoms with E-state index in [2.05, 4.69) is 35.9 Å². The minimum absolute atomic E-state index is 0.569. The van der Waals surface area contributed by atoms with Crippen LogP contribution in [0.5, 0.6) is 0 Å². The maximum atomic E-state index is 3.54. The van der Waals surface area contributed by atoms with Crippen LogP contribution in [0.4, 0.5) is 0 Å². The lowest BCUT2D eigenvalue weighted by atomic mass is 9.83. The van der Waals surface area contributed by atoms with Gasteiger partial charge in [-0.05, 0) is 38.6 Å². The number of hydrogen-bond acceptors (Lipinski definition) is 3. The summed E-state index contributed by atoms with van der Waals surface area (Å²) < 4.78 is 0. The monoisotopic (exact) mass is 239 g/mol. The Kier molecular flexibility index (Phi) is 4.45. The highest BCUT2D eigenvalue weighted by Crippen LogP contribution is 2.30. The van der Waals surface area contributed by atoms with Crippen molar-refractivity contribution in [3.63, 3.8) is 0 Å². The first-order valence-corrected chi connectivity index (χ1v) is 7.32. The fourth-order valence-corrected chi connectivity index (χ4v) is 3.26. The van der Waals surface area contributed by atoms with Gasteiger partial charge in [-0.2, -0.15) is 0 Å². The van der Waals surface area contributed by atoms with E-state index in [1.165, 1.54) is 58.7 Å². The maximum absolute atomic E-state index is 3.54. The number of rotatable bonds is 4. The second-order valence-electron chi connectivity index (χ2n) is 6.19. The lowest BCUT2D eigenvalue weighted by molar-refractivity contribution is 0.0742. The summed E-state index contributed by atoms with van der Waals surface area (Å²) in [5.74, 6) is 0. The molecule has 1 unspecified atom stereocenters. The normalized spacial score (nSPS) is 32.5. The van der Waals surface area contributed by atoms with Crippen LogP contribution in [0.1, 0.15) is 33.6 Å². The Morgan fingerprint density at radius 1 is 1.18 bits per heavy atom. The number of nitrogens with one attached hydrogen (secondary N) is 1. The molecule has 1 N–H and O–H groups in total. The number of piperazine rings is 1. The van der Waals surface area contributed by atoms with Crippen LogP contribution in [0.15, 0.2) is 0 Å². The number of nitrogens with zero attached hydrogens (tertiary/aromatic N) is 2. The molecule has 2 heterocycles. The zero-order chi connectivity index (χ0) is 12.3. The van der Waals surface area contributed by atoms with Crippen LogP contribution in [-0.2, 0) is 0 Å². The van der Waals surface area contributed by atoms with Crippen molar-refractivity contribution in [3.8, 4) is 0 Å². The Labute approximate surface area is 107 Å². The van der Waals surface area contributed by atoms with Gasteiger partial charge in [0.05, 0.1) is 0 Å². The zero-order valence-electron chi connectivity index (χ0n) is 11.8. The molecule has 17 heavy (non-hydrogen) atoms. The van der Waals surface area contributed by atoms with Crippen molar-refractivity contribution in [3.05, 3.63) is 0 Å². The van der Waals surface area contributed by atoms with Crippen LogP contribution in [0.2, 0.25) is 0 Å². The molecule has 0 aromatic heterocycles. The van der Waals surface area contributed by atoms with Crippen LogP contribution in [0, 0.1) is 5.41 Å². The van der Waals surface area contributed by atoms with Gasteiger partial charge < -0.3 is 10.2 Å². The third-order valence-electron chi connectivity index (χ3n) is 4.78. The van der Waals surface area contributed by atoms with Crippen molar-refractivity contribution in [1.82, 2.24) is 15.1 Å². The van der Waals surface area contributed by atoms with E-state index in [1.54, 1.807) is 0 Å². The third-order valence-corrected chi connectivity index (χ3v) is 4.78. The van der Waals surface area contributed by atoms with Crippen LogP contribution >= 0.6 is 0 Å². The molecule has 0 aliphatic carbocycles. The van der Waals surface area contributed by atoms with E-state index in [1.807, 2.05) is 0 Å². The molecule has 2 rings (SSSR count). The summed E-state index contributed by atoms with van der Waals surface area (Å²) in [5, 5.41) is 3.54. The van der Waals surface area contributed by atoms with Crippen molar-refractivity contribution in [2.24, 2.45) is 5.41 Å². The van der Waals surface area contributed by atoms with Gasteiger partial charge in [-0.3, -0.25) is 4.90 Å².